The first-order chi connectivity index (χ1) is 12.6. The molecule has 6 nitrogen and oxygen atoms in total. The van der Waals surface area contributed by atoms with Crippen LogP contribution in [0.25, 0.3) is 11.0 Å². The maximum Gasteiger partial charge on any atom is 0.433 e. The fourth-order valence-electron chi connectivity index (χ4n) is 2.63. The Morgan fingerprint density at radius 1 is 1.19 bits per heavy atom. The molecule has 0 unspecified atom stereocenters. The van der Waals surface area contributed by atoms with Gasteiger partial charge in [0.25, 0.3) is 5.56 Å². The maximum absolute atomic E-state index is 13.3. The molecule has 0 saturated heterocycles. The molecule has 0 aliphatic carbocycles. The summed E-state index contributed by atoms with van der Waals surface area (Å²) in [7, 11) is 1.18. The summed E-state index contributed by atoms with van der Waals surface area (Å²) in [5.74, 6) is -0.655. The van der Waals surface area contributed by atoms with E-state index in [4.69, 9.17) is 5.26 Å². The van der Waals surface area contributed by atoms with Crippen LogP contribution in [0, 0.1) is 17.1 Å². The van der Waals surface area contributed by atoms with Crippen LogP contribution in [-0.2, 0) is 19.8 Å². The Morgan fingerprint density at radius 3 is 2.52 bits per heavy atom. The molecular formula is C17H10F4N4O2. The van der Waals surface area contributed by atoms with Crippen molar-refractivity contribution in [2.75, 3.05) is 0 Å². The van der Waals surface area contributed by atoms with Crippen LogP contribution < -0.4 is 11.2 Å². The van der Waals surface area contributed by atoms with Crippen LogP contribution in [0.15, 0.2) is 39.9 Å². The molecule has 0 aliphatic rings. The average molecular weight is 378 g/mol. The van der Waals surface area contributed by atoms with Gasteiger partial charge in [-0.25, -0.2) is 14.2 Å². The van der Waals surface area contributed by atoms with Crippen LogP contribution in [0.3, 0.4) is 0 Å². The molecule has 2 aromatic heterocycles. The standard InChI is InChI=1S/C17H10F4N4O2/c1-24-14-12(4-5-13(23-14)17(19,20)21)15(26)25(16(24)27)8-9-2-3-11(18)6-10(9)7-22/h2-6H,8H2,1H3. The number of alkyl halides is 3. The zero-order valence-corrected chi connectivity index (χ0v) is 13.7. The molecule has 0 saturated carbocycles. The number of nitrogens with zero attached hydrogens (tertiary/aromatic N) is 4. The molecule has 0 radical (unpaired) electrons. The minimum Gasteiger partial charge on any atom is -0.280 e. The van der Waals surface area contributed by atoms with E-state index in [1.165, 1.54) is 13.1 Å². The minimum absolute atomic E-state index is 0.0606. The summed E-state index contributed by atoms with van der Waals surface area (Å²) >= 11 is 0. The van der Waals surface area contributed by atoms with E-state index >= 15 is 0 Å². The van der Waals surface area contributed by atoms with E-state index in [0.29, 0.717) is 6.07 Å². The zero-order chi connectivity index (χ0) is 19.9. The van der Waals surface area contributed by atoms with Gasteiger partial charge in [0, 0.05) is 7.05 Å². The highest BCUT2D eigenvalue weighted by Crippen LogP contribution is 2.28. The molecule has 138 valence electrons. The number of rotatable bonds is 2. The number of nitriles is 1. The summed E-state index contributed by atoms with van der Waals surface area (Å²) in [5.41, 5.74) is -3.25. The number of pyridine rings is 1. The number of fused-ring (bicyclic) bond motifs is 1. The van der Waals surface area contributed by atoms with Crippen molar-refractivity contribution in [3.05, 3.63) is 73.8 Å². The van der Waals surface area contributed by atoms with E-state index in [-0.39, 0.29) is 23.1 Å². The smallest absolute Gasteiger partial charge is 0.280 e. The Kier molecular flexibility index (Phi) is 4.31. The van der Waals surface area contributed by atoms with Crippen molar-refractivity contribution in [1.29, 1.82) is 5.26 Å². The number of hydrogen-bond donors (Lipinski definition) is 0. The summed E-state index contributed by atoms with van der Waals surface area (Å²) in [6, 6.07) is 6.66. The lowest BCUT2D eigenvalue weighted by molar-refractivity contribution is -0.141. The first-order valence-corrected chi connectivity index (χ1v) is 7.50. The van der Waals surface area contributed by atoms with Crippen LogP contribution in [0.1, 0.15) is 16.8 Å². The Balaban J connectivity index is 2.23. The van der Waals surface area contributed by atoms with Gasteiger partial charge in [0.2, 0.25) is 0 Å². The van der Waals surface area contributed by atoms with Gasteiger partial charge in [0.15, 0.2) is 0 Å². The Hall–Kier alpha value is -3.48. The first-order valence-electron chi connectivity index (χ1n) is 7.50. The predicted molar refractivity (Wildman–Crippen MR) is 86.5 cm³/mol. The number of halogens is 4. The average Bonchev–Trinajstić information content (AvgIpc) is 2.63. The topological polar surface area (TPSA) is 80.7 Å². The molecule has 1 aromatic carbocycles. The SMILES string of the molecule is Cn1c(=O)n(Cc2ccc(F)cc2C#N)c(=O)c2ccc(C(F)(F)F)nc21. The third kappa shape index (κ3) is 3.19. The molecule has 27 heavy (non-hydrogen) atoms. The Labute approximate surface area is 148 Å². The molecule has 3 rings (SSSR count). The van der Waals surface area contributed by atoms with Gasteiger partial charge in [-0.3, -0.25) is 13.9 Å². The van der Waals surface area contributed by atoms with Gasteiger partial charge in [0.05, 0.1) is 23.6 Å². The number of benzene rings is 1. The first kappa shape index (κ1) is 18.3. The second kappa shape index (κ2) is 6.35. The highest BCUT2D eigenvalue weighted by molar-refractivity contribution is 5.74. The molecule has 0 amide bonds. The van der Waals surface area contributed by atoms with Crippen LogP contribution in [-0.4, -0.2) is 14.1 Å². The van der Waals surface area contributed by atoms with Gasteiger partial charge in [-0.15, -0.1) is 0 Å². The quantitative estimate of drug-likeness (QED) is 0.640. The lowest BCUT2D eigenvalue weighted by atomic mass is 10.1. The molecule has 0 atom stereocenters. The monoisotopic (exact) mass is 378 g/mol. The van der Waals surface area contributed by atoms with E-state index in [9.17, 15) is 27.2 Å². The van der Waals surface area contributed by atoms with E-state index < -0.39 is 34.6 Å². The summed E-state index contributed by atoms with van der Waals surface area (Å²) in [5, 5.41) is 8.90. The number of aromatic nitrogens is 3. The second-order valence-electron chi connectivity index (χ2n) is 5.71. The van der Waals surface area contributed by atoms with E-state index in [1.54, 1.807) is 6.07 Å². The van der Waals surface area contributed by atoms with Gasteiger partial charge in [-0.05, 0) is 29.8 Å². The molecular weight excluding hydrogens is 368 g/mol. The fraction of sp³-hybridized carbons (Fsp3) is 0.176. The van der Waals surface area contributed by atoms with Gasteiger partial charge in [-0.2, -0.15) is 18.4 Å². The molecule has 2 heterocycles. The van der Waals surface area contributed by atoms with Crippen molar-refractivity contribution < 1.29 is 17.6 Å². The largest absolute Gasteiger partial charge is 0.433 e. The van der Waals surface area contributed by atoms with Gasteiger partial charge in [0.1, 0.15) is 17.2 Å². The Morgan fingerprint density at radius 2 is 1.89 bits per heavy atom. The van der Waals surface area contributed by atoms with Crippen molar-refractivity contribution in [2.45, 2.75) is 12.7 Å². The lowest BCUT2D eigenvalue weighted by Gasteiger charge is -2.12. The summed E-state index contributed by atoms with van der Waals surface area (Å²) in [6.07, 6.45) is -4.73. The van der Waals surface area contributed by atoms with Crippen LogP contribution >= 0.6 is 0 Å². The highest BCUT2D eigenvalue weighted by Gasteiger charge is 2.33. The maximum atomic E-state index is 13.3. The van der Waals surface area contributed by atoms with Crippen LogP contribution in [0.5, 0.6) is 0 Å². The summed E-state index contributed by atoms with van der Waals surface area (Å²) < 4.78 is 53.3. The van der Waals surface area contributed by atoms with Crippen LogP contribution in [0.4, 0.5) is 17.6 Å². The zero-order valence-electron chi connectivity index (χ0n) is 13.7. The van der Waals surface area contributed by atoms with Gasteiger partial charge >= 0.3 is 11.9 Å². The van der Waals surface area contributed by atoms with E-state index in [2.05, 4.69) is 4.98 Å². The third-order valence-electron chi connectivity index (χ3n) is 4.00. The summed E-state index contributed by atoms with van der Waals surface area (Å²) in [6.45, 7) is -0.342. The normalized spacial score (nSPS) is 11.6. The molecule has 0 aliphatic heterocycles. The lowest BCUT2D eigenvalue weighted by Crippen LogP contribution is -2.40. The Bertz CT molecular complexity index is 1220. The van der Waals surface area contributed by atoms with Crippen molar-refractivity contribution >= 4 is 11.0 Å². The predicted octanol–water partition coefficient (Wildman–Crippen LogP) is 2.17. The molecule has 0 fully saturated rings. The fourth-order valence-corrected chi connectivity index (χ4v) is 2.63. The highest BCUT2D eigenvalue weighted by atomic mass is 19.4. The van der Waals surface area contributed by atoms with Crippen molar-refractivity contribution in [3.63, 3.8) is 0 Å². The molecule has 3 aromatic rings. The number of aryl methyl sites for hydroxylation is 1. The third-order valence-corrected chi connectivity index (χ3v) is 4.00. The molecule has 0 bridgehead atoms. The summed E-state index contributed by atoms with van der Waals surface area (Å²) in [4.78, 5) is 28.5. The van der Waals surface area contributed by atoms with Crippen molar-refractivity contribution in [2.24, 2.45) is 7.05 Å². The van der Waals surface area contributed by atoms with Gasteiger partial charge in [-0.1, -0.05) is 6.07 Å². The van der Waals surface area contributed by atoms with E-state index in [1.807, 2.05) is 0 Å². The van der Waals surface area contributed by atoms with Gasteiger partial charge < -0.3 is 0 Å². The molecule has 0 N–H and O–H groups in total. The second-order valence-corrected chi connectivity index (χ2v) is 5.71. The van der Waals surface area contributed by atoms with Crippen LogP contribution in [0.2, 0.25) is 0 Å². The molecule has 10 heteroatoms. The molecule has 0 spiro atoms. The van der Waals surface area contributed by atoms with E-state index in [0.717, 1.165) is 27.3 Å². The number of hydrogen-bond acceptors (Lipinski definition) is 4. The minimum atomic E-state index is -4.73. The van der Waals surface area contributed by atoms with Crippen molar-refractivity contribution in [3.8, 4) is 6.07 Å². The van der Waals surface area contributed by atoms with Crippen molar-refractivity contribution in [1.82, 2.24) is 14.1 Å².